The molecule has 3 rings (SSSR count). The topological polar surface area (TPSA) is 21.3 Å². The number of anilines is 1. The van der Waals surface area contributed by atoms with Gasteiger partial charge in [-0.15, -0.1) is 0 Å². The Morgan fingerprint density at radius 2 is 1.63 bits per heavy atom. The second kappa shape index (κ2) is 8.11. The van der Waals surface area contributed by atoms with E-state index in [4.69, 9.17) is 27.9 Å². The van der Waals surface area contributed by atoms with Crippen molar-refractivity contribution >= 4 is 28.9 Å². The highest BCUT2D eigenvalue weighted by Gasteiger charge is 2.35. The number of para-hydroxylation sites is 1. The molecule has 0 aromatic heterocycles. The lowest BCUT2D eigenvalue weighted by Gasteiger charge is -2.16. The third kappa shape index (κ3) is 4.87. The third-order valence-corrected chi connectivity index (χ3v) is 4.63. The van der Waals surface area contributed by atoms with Crippen molar-refractivity contribution in [2.45, 2.75) is 12.7 Å². The maximum atomic E-state index is 13.5. The zero-order valence-corrected chi connectivity index (χ0v) is 15.4. The predicted molar refractivity (Wildman–Crippen MR) is 102 cm³/mol. The Bertz CT molecular complexity index is 930. The Morgan fingerprint density at radius 3 is 2.33 bits per heavy atom. The third-order valence-electron chi connectivity index (χ3n) is 3.77. The highest BCUT2D eigenvalue weighted by Crippen LogP contribution is 2.39. The molecule has 0 saturated heterocycles. The average Bonchev–Trinajstić information content (AvgIpc) is 2.64. The molecular formula is C20H14Cl2F3NO. The van der Waals surface area contributed by atoms with Crippen LogP contribution >= 0.6 is 23.2 Å². The molecule has 0 unspecified atom stereocenters. The van der Waals surface area contributed by atoms with E-state index in [1.54, 1.807) is 48.5 Å². The quantitative estimate of drug-likeness (QED) is 0.471. The van der Waals surface area contributed by atoms with Crippen LogP contribution in [0.1, 0.15) is 11.1 Å². The number of nitrogens with one attached hydrogen (secondary N) is 1. The Morgan fingerprint density at radius 1 is 0.889 bits per heavy atom. The summed E-state index contributed by atoms with van der Waals surface area (Å²) in [5.41, 5.74) is 0.106. The van der Waals surface area contributed by atoms with Crippen LogP contribution in [-0.2, 0) is 12.7 Å². The van der Waals surface area contributed by atoms with Gasteiger partial charge in [-0.05, 0) is 42.0 Å². The van der Waals surface area contributed by atoms with Gasteiger partial charge in [-0.3, -0.25) is 0 Å². The molecule has 0 radical (unpaired) electrons. The van der Waals surface area contributed by atoms with Gasteiger partial charge in [0.05, 0.1) is 10.0 Å². The number of halogens is 5. The molecule has 0 heterocycles. The summed E-state index contributed by atoms with van der Waals surface area (Å²) in [5.74, 6) is 0.0643. The van der Waals surface area contributed by atoms with E-state index >= 15 is 0 Å². The van der Waals surface area contributed by atoms with Crippen molar-refractivity contribution < 1.29 is 17.9 Å². The lowest BCUT2D eigenvalue weighted by atomic mass is 10.1. The second-order valence-corrected chi connectivity index (χ2v) is 6.48. The molecule has 0 aliphatic rings. The zero-order chi connectivity index (χ0) is 19.4. The molecule has 3 aromatic carbocycles. The molecule has 3 aromatic rings. The van der Waals surface area contributed by atoms with Crippen molar-refractivity contribution in [3.8, 4) is 11.5 Å². The second-order valence-electron chi connectivity index (χ2n) is 5.69. The van der Waals surface area contributed by atoms with Gasteiger partial charge in [0.25, 0.3) is 0 Å². The van der Waals surface area contributed by atoms with E-state index in [9.17, 15) is 13.2 Å². The van der Waals surface area contributed by atoms with Crippen molar-refractivity contribution in [3.63, 3.8) is 0 Å². The van der Waals surface area contributed by atoms with Gasteiger partial charge in [0.1, 0.15) is 17.1 Å². The first-order valence-electron chi connectivity index (χ1n) is 7.95. The van der Waals surface area contributed by atoms with Gasteiger partial charge in [0.2, 0.25) is 0 Å². The zero-order valence-electron chi connectivity index (χ0n) is 13.9. The molecule has 2 nitrogen and oxygen atoms in total. The molecule has 0 aliphatic heterocycles. The molecule has 7 heteroatoms. The van der Waals surface area contributed by atoms with Crippen LogP contribution in [0.5, 0.6) is 11.5 Å². The number of hydrogen-bond donors (Lipinski definition) is 1. The predicted octanol–water partition coefficient (Wildman–Crippen LogP) is 7.42. The number of ether oxygens (including phenoxy) is 1. The summed E-state index contributed by atoms with van der Waals surface area (Å²) in [6.45, 7) is 0.232. The van der Waals surface area contributed by atoms with Crippen molar-refractivity contribution in [1.29, 1.82) is 0 Å². The van der Waals surface area contributed by atoms with Gasteiger partial charge in [0, 0.05) is 12.2 Å². The molecule has 0 saturated carbocycles. The first kappa shape index (κ1) is 19.4. The van der Waals surface area contributed by atoms with Crippen molar-refractivity contribution in [1.82, 2.24) is 0 Å². The Labute approximate surface area is 164 Å². The summed E-state index contributed by atoms with van der Waals surface area (Å²) in [6.07, 6.45) is -4.56. The van der Waals surface area contributed by atoms with E-state index < -0.39 is 11.7 Å². The fraction of sp³-hybridized carbons (Fsp3) is 0.100. The maximum absolute atomic E-state index is 13.5. The van der Waals surface area contributed by atoms with Crippen LogP contribution in [0, 0.1) is 0 Å². The molecule has 0 fully saturated rings. The van der Waals surface area contributed by atoms with Crippen LogP contribution in [0.25, 0.3) is 0 Å². The minimum absolute atomic E-state index is 0.232. The normalized spacial score (nSPS) is 11.3. The molecule has 0 bridgehead atoms. The number of rotatable bonds is 5. The standard InChI is InChI=1S/C20H14Cl2F3NO/c21-17-8-4-5-13(19(17)22)12-26-14-9-10-18(16(11-14)20(23,24)25)27-15-6-2-1-3-7-15/h1-11,26H,12H2. The average molecular weight is 412 g/mol. The summed E-state index contributed by atoms with van der Waals surface area (Å²) in [6, 6.07) is 17.3. The monoisotopic (exact) mass is 411 g/mol. The van der Waals surface area contributed by atoms with Gasteiger partial charge >= 0.3 is 6.18 Å². The molecule has 0 amide bonds. The smallest absolute Gasteiger partial charge is 0.420 e. The van der Waals surface area contributed by atoms with Gasteiger partial charge in [-0.25, -0.2) is 0 Å². The summed E-state index contributed by atoms with van der Waals surface area (Å²) < 4.78 is 45.8. The Hall–Kier alpha value is -2.37. The summed E-state index contributed by atoms with van der Waals surface area (Å²) in [7, 11) is 0. The first-order valence-corrected chi connectivity index (χ1v) is 8.71. The van der Waals surface area contributed by atoms with Gasteiger partial charge in [-0.2, -0.15) is 13.2 Å². The number of hydrogen-bond acceptors (Lipinski definition) is 2. The fourth-order valence-electron chi connectivity index (χ4n) is 2.45. The van der Waals surface area contributed by atoms with Crippen LogP contribution < -0.4 is 10.1 Å². The highest BCUT2D eigenvalue weighted by molar-refractivity contribution is 6.42. The van der Waals surface area contributed by atoms with Gasteiger partial charge in [-0.1, -0.05) is 53.5 Å². The highest BCUT2D eigenvalue weighted by atomic mass is 35.5. The van der Waals surface area contributed by atoms with E-state index in [-0.39, 0.29) is 12.3 Å². The molecule has 27 heavy (non-hydrogen) atoms. The number of alkyl halides is 3. The van der Waals surface area contributed by atoms with E-state index in [0.29, 0.717) is 27.0 Å². The summed E-state index contributed by atoms with van der Waals surface area (Å²) >= 11 is 12.1. The van der Waals surface area contributed by atoms with Crippen LogP contribution in [0.15, 0.2) is 66.7 Å². The van der Waals surface area contributed by atoms with Crippen molar-refractivity contribution in [2.24, 2.45) is 0 Å². The largest absolute Gasteiger partial charge is 0.457 e. The Kier molecular flexibility index (Phi) is 5.82. The SMILES string of the molecule is FC(F)(F)c1cc(NCc2cccc(Cl)c2Cl)ccc1Oc1ccccc1. The molecule has 0 aliphatic carbocycles. The molecule has 0 atom stereocenters. The van der Waals surface area contributed by atoms with E-state index in [1.165, 1.54) is 12.1 Å². The van der Waals surface area contributed by atoms with Crippen LogP contribution in [0.2, 0.25) is 10.0 Å². The van der Waals surface area contributed by atoms with Gasteiger partial charge < -0.3 is 10.1 Å². The van der Waals surface area contributed by atoms with Crippen LogP contribution in [0.3, 0.4) is 0 Å². The van der Waals surface area contributed by atoms with Crippen LogP contribution in [0.4, 0.5) is 18.9 Å². The molecule has 1 N–H and O–H groups in total. The lowest BCUT2D eigenvalue weighted by molar-refractivity contribution is -0.138. The van der Waals surface area contributed by atoms with Crippen molar-refractivity contribution in [3.05, 3.63) is 87.9 Å². The molecular weight excluding hydrogens is 398 g/mol. The first-order chi connectivity index (χ1) is 12.8. The molecule has 0 spiro atoms. The van der Waals surface area contributed by atoms with E-state index in [1.807, 2.05) is 0 Å². The van der Waals surface area contributed by atoms with E-state index in [2.05, 4.69) is 5.32 Å². The lowest BCUT2D eigenvalue weighted by Crippen LogP contribution is -2.09. The minimum atomic E-state index is -4.56. The summed E-state index contributed by atoms with van der Waals surface area (Å²) in [4.78, 5) is 0. The number of benzene rings is 3. The van der Waals surface area contributed by atoms with E-state index in [0.717, 1.165) is 6.07 Å². The van der Waals surface area contributed by atoms with Crippen molar-refractivity contribution in [2.75, 3.05) is 5.32 Å². The molecule has 140 valence electrons. The fourth-order valence-corrected chi connectivity index (χ4v) is 2.84. The maximum Gasteiger partial charge on any atom is 0.420 e. The minimum Gasteiger partial charge on any atom is -0.457 e. The van der Waals surface area contributed by atoms with Gasteiger partial charge in [0.15, 0.2) is 0 Å². The Balaban J connectivity index is 1.84. The summed E-state index contributed by atoms with van der Waals surface area (Å²) in [5, 5.41) is 3.69. The van der Waals surface area contributed by atoms with Crippen LogP contribution in [-0.4, -0.2) is 0 Å².